The van der Waals surface area contributed by atoms with Crippen LogP contribution in [-0.4, -0.2) is 21.6 Å². The second-order valence-electron chi connectivity index (χ2n) is 2.22. The summed E-state index contributed by atoms with van der Waals surface area (Å²) in [4.78, 5) is 0. The van der Waals surface area contributed by atoms with E-state index in [1.54, 1.807) is 6.07 Å². The Morgan fingerprint density at radius 2 is 2.27 bits per heavy atom. The Morgan fingerprint density at radius 3 is 2.73 bits per heavy atom. The smallest absolute Gasteiger partial charge is 0.109 e. The average Bonchev–Trinajstić information content (AvgIpc) is 2.53. The summed E-state index contributed by atoms with van der Waals surface area (Å²) < 4.78 is 4.74. The van der Waals surface area contributed by atoms with Crippen molar-refractivity contribution >= 4 is 15.9 Å². The van der Waals surface area contributed by atoms with Crippen LogP contribution in [0.15, 0.2) is 23.0 Å². The maximum Gasteiger partial charge on any atom is 0.109 e. The lowest BCUT2D eigenvalue weighted by atomic mass is 10.1. The molecule has 0 aliphatic rings. The van der Waals surface area contributed by atoms with Crippen LogP contribution in [0.4, 0.5) is 0 Å². The molecule has 0 saturated carbocycles. The van der Waals surface area contributed by atoms with Gasteiger partial charge in [-0.15, -0.1) is 0 Å². The van der Waals surface area contributed by atoms with Gasteiger partial charge in [0.1, 0.15) is 6.10 Å². The second-order valence-corrected chi connectivity index (χ2v) is 2.87. The lowest BCUT2D eigenvalue weighted by Gasteiger charge is -2.12. The first-order valence-electron chi connectivity index (χ1n) is 3.20. The molecule has 1 heterocycles. The number of aliphatic hydroxyl groups excluding tert-OH is 2. The highest BCUT2D eigenvalue weighted by molar-refractivity contribution is 9.09. The van der Waals surface area contributed by atoms with Crippen LogP contribution in [-0.2, 0) is 0 Å². The molecule has 0 spiro atoms. The standard InChI is InChI=1S/C7H9BrO3/c8-3-6(9)7(10)5-1-2-11-4-5/h1-2,4,6-7,9-10H,3H2. The Hall–Kier alpha value is -0.320. The molecule has 0 saturated heterocycles. The van der Waals surface area contributed by atoms with Gasteiger partial charge in [-0.05, 0) is 6.07 Å². The molecule has 2 N–H and O–H groups in total. The molecular formula is C7H9BrO3. The van der Waals surface area contributed by atoms with Crippen molar-refractivity contribution in [3.05, 3.63) is 24.2 Å². The third-order valence-corrected chi connectivity index (χ3v) is 2.07. The first-order chi connectivity index (χ1) is 5.25. The van der Waals surface area contributed by atoms with E-state index in [0.29, 0.717) is 10.9 Å². The number of furan rings is 1. The fourth-order valence-electron chi connectivity index (χ4n) is 0.750. The molecular weight excluding hydrogens is 212 g/mol. The minimum absolute atomic E-state index is 0.347. The van der Waals surface area contributed by atoms with Crippen molar-refractivity contribution in [1.29, 1.82) is 0 Å². The monoisotopic (exact) mass is 220 g/mol. The highest BCUT2D eigenvalue weighted by atomic mass is 79.9. The minimum atomic E-state index is -0.867. The third-order valence-electron chi connectivity index (χ3n) is 1.41. The Bertz CT molecular complexity index is 197. The normalized spacial score (nSPS) is 16.3. The predicted octanol–water partition coefficient (Wildman–Crippen LogP) is 1.07. The number of alkyl halides is 1. The molecule has 0 aliphatic carbocycles. The maximum atomic E-state index is 9.34. The summed E-state index contributed by atoms with van der Waals surface area (Å²) in [5.74, 6) is 0. The second kappa shape index (κ2) is 3.90. The van der Waals surface area contributed by atoms with Crippen molar-refractivity contribution in [3.63, 3.8) is 0 Å². The van der Waals surface area contributed by atoms with Gasteiger partial charge in [0, 0.05) is 10.9 Å². The molecule has 0 aromatic carbocycles. The van der Waals surface area contributed by atoms with E-state index in [1.807, 2.05) is 0 Å². The summed E-state index contributed by atoms with van der Waals surface area (Å²) in [5, 5.41) is 18.8. The zero-order chi connectivity index (χ0) is 8.27. The molecule has 2 atom stereocenters. The molecule has 2 unspecified atom stereocenters. The molecule has 1 aromatic rings. The molecule has 1 rings (SSSR count). The third kappa shape index (κ3) is 2.05. The maximum absolute atomic E-state index is 9.34. The van der Waals surface area contributed by atoms with Crippen LogP contribution in [0.2, 0.25) is 0 Å². The van der Waals surface area contributed by atoms with E-state index in [1.165, 1.54) is 12.5 Å². The summed E-state index contributed by atoms with van der Waals surface area (Å²) in [6.07, 6.45) is 1.22. The van der Waals surface area contributed by atoms with Gasteiger partial charge in [-0.3, -0.25) is 0 Å². The van der Waals surface area contributed by atoms with Crippen LogP contribution in [0.3, 0.4) is 0 Å². The number of halogens is 1. The molecule has 0 bridgehead atoms. The molecule has 0 fully saturated rings. The summed E-state index contributed by atoms with van der Waals surface area (Å²) in [7, 11) is 0. The lowest BCUT2D eigenvalue weighted by molar-refractivity contribution is 0.0339. The van der Waals surface area contributed by atoms with Crippen molar-refractivity contribution in [2.75, 3.05) is 5.33 Å². The quantitative estimate of drug-likeness (QED) is 0.750. The molecule has 62 valence electrons. The van der Waals surface area contributed by atoms with Crippen molar-refractivity contribution in [1.82, 2.24) is 0 Å². The van der Waals surface area contributed by atoms with Crippen LogP contribution in [0, 0.1) is 0 Å². The first kappa shape index (κ1) is 8.77. The van der Waals surface area contributed by atoms with Crippen molar-refractivity contribution in [2.24, 2.45) is 0 Å². The van der Waals surface area contributed by atoms with Crippen molar-refractivity contribution in [3.8, 4) is 0 Å². The van der Waals surface area contributed by atoms with Gasteiger partial charge in [-0.25, -0.2) is 0 Å². The molecule has 3 nitrogen and oxygen atoms in total. The van der Waals surface area contributed by atoms with Crippen molar-refractivity contribution < 1.29 is 14.6 Å². The molecule has 0 aliphatic heterocycles. The van der Waals surface area contributed by atoms with Gasteiger partial charge in [0.25, 0.3) is 0 Å². The molecule has 1 aromatic heterocycles. The Balaban J connectivity index is 2.62. The van der Waals surface area contributed by atoms with Crippen LogP contribution < -0.4 is 0 Å². The minimum Gasteiger partial charge on any atom is -0.472 e. The van der Waals surface area contributed by atoms with E-state index < -0.39 is 12.2 Å². The SMILES string of the molecule is OC(CBr)C(O)c1ccoc1. The summed E-state index contributed by atoms with van der Waals surface area (Å²) >= 11 is 3.06. The van der Waals surface area contributed by atoms with Gasteiger partial charge in [0.05, 0.1) is 18.6 Å². The van der Waals surface area contributed by atoms with E-state index in [4.69, 9.17) is 9.52 Å². The van der Waals surface area contributed by atoms with Crippen LogP contribution in [0.5, 0.6) is 0 Å². The van der Waals surface area contributed by atoms with E-state index in [-0.39, 0.29) is 0 Å². The zero-order valence-corrected chi connectivity index (χ0v) is 7.36. The number of hydrogen-bond acceptors (Lipinski definition) is 3. The average molecular weight is 221 g/mol. The van der Waals surface area contributed by atoms with Gasteiger partial charge in [0.15, 0.2) is 0 Å². The Morgan fingerprint density at radius 1 is 1.55 bits per heavy atom. The van der Waals surface area contributed by atoms with Gasteiger partial charge in [-0.1, -0.05) is 15.9 Å². The molecule has 4 heteroatoms. The fraction of sp³-hybridized carbons (Fsp3) is 0.429. The van der Waals surface area contributed by atoms with Crippen LogP contribution in [0.1, 0.15) is 11.7 Å². The van der Waals surface area contributed by atoms with Gasteiger partial charge in [-0.2, -0.15) is 0 Å². The van der Waals surface area contributed by atoms with Gasteiger partial charge in [0.2, 0.25) is 0 Å². The molecule has 0 amide bonds. The molecule has 0 radical (unpaired) electrons. The summed E-state index contributed by atoms with van der Waals surface area (Å²) in [5.41, 5.74) is 0.594. The van der Waals surface area contributed by atoms with Crippen LogP contribution >= 0.6 is 15.9 Å². The Labute approximate surface area is 72.8 Å². The number of hydrogen-bond donors (Lipinski definition) is 2. The Kier molecular flexibility index (Phi) is 3.11. The van der Waals surface area contributed by atoms with Crippen molar-refractivity contribution in [2.45, 2.75) is 12.2 Å². The van der Waals surface area contributed by atoms with Gasteiger partial charge >= 0.3 is 0 Å². The molecule has 11 heavy (non-hydrogen) atoms. The fourth-order valence-corrected chi connectivity index (χ4v) is 1.10. The predicted molar refractivity (Wildman–Crippen MR) is 43.5 cm³/mol. The topological polar surface area (TPSA) is 53.6 Å². The van der Waals surface area contributed by atoms with E-state index >= 15 is 0 Å². The van der Waals surface area contributed by atoms with E-state index in [9.17, 15) is 5.11 Å². The largest absolute Gasteiger partial charge is 0.472 e. The summed E-state index contributed by atoms with van der Waals surface area (Å²) in [6.45, 7) is 0. The zero-order valence-electron chi connectivity index (χ0n) is 5.77. The highest BCUT2D eigenvalue weighted by Crippen LogP contribution is 2.17. The van der Waals surface area contributed by atoms with Gasteiger partial charge < -0.3 is 14.6 Å². The lowest BCUT2D eigenvalue weighted by Crippen LogP contribution is -2.18. The van der Waals surface area contributed by atoms with E-state index in [0.717, 1.165) is 0 Å². The van der Waals surface area contributed by atoms with E-state index in [2.05, 4.69) is 15.9 Å². The first-order valence-corrected chi connectivity index (χ1v) is 4.32. The number of rotatable bonds is 3. The summed E-state index contributed by atoms with van der Waals surface area (Å²) in [6, 6.07) is 1.62. The number of aliphatic hydroxyl groups is 2. The van der Waals surface area contributed by atoms with Crippen LogP contribution in [0.25, 0.3) is 0 Å². The highest BCUT2D eigenvalue weighted by Gasteiger charge is 2.17.